The Labute approximate surface area is 239 Å². The molecule has 3 amide bonds. The van der Waals surface area contributed by atoms with Crippen LogP contribution in [0.1, 0.15) is 48.2 Å². The third-order valence-electron chi connectivity index (χ3n) is 7.42. The summed E-state index contributed by atoms with van der Waals surface area (Å²) < 4.78 is 14.8. The Morgan fingerprint density at radius 1 is 0.902 bits per heavy atom. The summed E-state index contributed by atoms with van der Waals surface area (Å²) in [5, 5.41) is 4.88. The summed E-state index contributed by atoms with van der Waals surface area (Å²) in [5.41, 5.74) is 2.75. The van der Waals surface area contributed by atoms with Crippen molar-refractivity contribution in [3.63, 3.8) is 0 Å². The molecule has 0 saturated carbocycles. The molecule has 0 radical (unpaired) electrons. The van der Waals surface area contributed by atoms with E-state index < -0.39 is 11.9 Å². The van der Waals surface area contributed by atoms with Gasteiger partial charge in [0.1, 0.15) is 11.9 Å². The molecular weight excluding hydrogens is 517 g/mol. The number of amides is 3. The van der Waals surface area contributed by atoms with Crippen LogP contribution in [0.3, 0.4) is 0 Å². The molecule has 0 spiro atoms. The molecule has 1 N–H and O–H groups in total. The van der Waals surface area contributed by atoms with Crippen LogP contribution in [0.2, 0.25) is 0 Å². The van der Waals surface area contributed by atoms with Crippen LogP contribution in [0.4, 0.5) is 10.1 Å². The molecule has 5 rings (SSSR count). The van der Waals surface area contributed by atoms with E-state index in [2.05, 4.69) is 5.32 Å². The molecule has 0 aromatic heterocycles. The van der Waals surface area contributed by atoms with E-state index in [-0.39, 0.29) is 36.7 Å². The van der Waals surface area contributed by atoms with Crippen molar-refractivity contribution in [3.8, 4) is 0 Å². The van der Waals surface area contributed by atoms with Crippen molar-refractivity contribution < 1.29 is 18.8 Å². The maximum absolute atomic E-state index is 14.8. The number of nitrogens with one attached hydrogen (secondary N) is 1. The Bertz CT molecular complexity index is 1570. The Morgan fingerprint density at radius 3 is 2.34 bits per heavy atom. The second kappa shape index (κ2) is 12.3. The van der Waals surface area contributed by atoms with Crippen LogP contribution in [0.5, 0.6) is 0 Å². The molecule has 7 heteroatoms. The van der Waals surface area contributed by atoms with Gasteiger partial charge in [-0.2, -0.15) is 0 Å². The van der Waals surface area contributed by atoms with E-state index in [4.69, 9.17) is 0 Å². The molecule has 6 nitrogen and oxygen atoms in total. The highest BCUT2D eigenvalue weighted by Gasteiger charge is 2.32. The lowest BCUT2D eigenvalue weighted by Crippen LogP contribution is -2.52. The van der Waals surface area contributed by atoms with Crippen molar-refractivity contribution in [3.05, 3.63) is 114 Å². The zero-order chi connectivity index (χ0) is 28.9. The lowest BCUT2D eigenvalue weighted by molar-refractivity contribution is -0.141. The van der Waals surface area contributed by atoms with Crippen molar-refractivity contribution in [1.29, 1.82) is 0 Å². The molecule has 0 fully saturated rings. The smallest absolute Gasteiger partial charge is 0.258 e. The maximum atomic E-state index is 14.8. The van der Waals surface area contributed by atoms with Crippen molar-refractivity contribution in [2.75, 3.05) is 11.4 Å². The predicted molar refractivity (Wildman–Crippen MR) is 159 cm³/mol. The second-order valence-corrected chi connectivity index (χ2v) is 10.7. The zero-order valence-electron chi connectivity index (χ0n) is 23.3. The normalized spacial score (nSPS) is 13.1. The summed E-state index contributed by atoms with van der Waals surface area (Å²) in [6, 6.07) is 26.4. The Morgan fingerprint density at radius 2 is 1.61 bits per heavy atom. The topological polar surface area (TPSA) is 69.7 Å². The molecular formula is C34H34FN3O3. The second-order valence-electron chi connectivity index (χ2n) is 10.7. The maximum Gasteiger partial charge on any atom is 0.258 e. The Hall–Kier alpha value is -4.52. The lowest BCUT2D eigenvalue weighted by Gasteiger charge is -2.32. The first-order chi connectivity index (χ1) is 19.8. The van der Waals surface area contributed by atoms with Crippen LogP contribution in [0.25, 0.3) is 10.8 Å². The number of benzene rings is 4. The molecule has 4 aromatic rings. The molecule has 1 heterocycles. The summed E-state index contributed by atoms with van der Waals surface area (Å²) in [5.74, 6) is -1.06. The van der Waals surface area contributed by atoms with E-state index in [0.717, 1.165) is 22.0 Å². The molecule has 1 atom stereocenters. The third kappa shape index (κ3) is 6.14. The number of rotatable bonds is 11. The number of hydrogen-bond donors (Lipinski definition) is 1. The third-order valence-corrected chi connectivity index (χ3v) is 7.42. The van der Waals surface area contributed by atoms with Crippen molar-refractivity contribution in [2.24, 2.45) is 0 Å². The minimum Gasteiger partial charge on any atom is -0.352 e. The Balaban J connectivity index is 1.38. The van der Waals surface area contributed by atoms with Gasteiger partial charge in [0.05, 0.1) is 5.69 Å². The van der Waals surface area contributed by atoms with E-state index in [0.29, 0.717) is 30.5 Å². The fourth-order valence-electron chi connectivity index (χ4n) is 5.48. The van der Waals surface area contributed by atoms with E-state index in [1.807, 2.05) is 80.6 Å². The fourth-order valence-corrected chi connectivity index (χ4v) is 5.48. The zero-order valence-corrected chi connectivity index (χ0v) is 23.3. The molecule has 1 aliphatic rings. The number of carbonyl (C=O) groups is 3. The number of nitrogens with zero attached hydrogens (tertiary/aromatic N) is 2. The van der Waals surface area contributed by atoms with Crippen molar-refractivity contribution in [2.45, 2.75) is 51.7 Å². The van der Waals surface area contributed by atoms with Gasteiger partial charge in [-0.1, -0.05) is 72.8 Å². The van der Waals surface area contributed by atoms with E-state index in [1.54, 1.807) is 23.1 Å². The van der Waals surface area contributed by atoms with Crippen LogP contribution < -0.4 is 10.2 Å². The van der Waals surface area contributed by atoms with Crippen LogP contribution in [0.15, 0.2) is 91.0 Å². The molecule has 0 aliphatic carbocycles. The van der Waals surface area contributed by atoms with Gasteiger partial charge in [0.2, 0.25) is 11.8 Å². The predicted octanol–water partition coefficient (Wildman–Crippen LogP) is 5.88. The standard InChI is InChI=1S/C34H34FN3O3/c1-23(2)36-33(40)30(21-24-11-4-3-5-12-24)38(22-26-13-6-7-17-28(26)35)31(39)19-10-20-37-29-18-9-15-25-14-8-16-27(32(25)29)34(37)41/h3-9,11-18,23,30H,10,19-22H2,1-2H3,(H,36,40). The van der Waals surface area contributed by atoms with E-state index in [1.165, 1.54) is 11.0 Å². The minimum absolute atomic E-state index is 0.0398. The molecule has 1 unspecified atom stereocenters. The van der Waals surface area contributed by atoms with Gasteiger partial charge >= 0.3 is 0 Å². The molecule has 41 heavy (non-hydrogen) atoms. The molecule has 0 saturated heterocycles. The first-order valence-corrected chi connectivity index (χ1v) is 14.0. The first-order valence-electron chi connectivity index (χ1n) is 14.0. The Kier molecular flexibility index (Phi) is 8.43. The largest absolute Gasteiger partial charge is 0.352 e. The number of hydrogen-bond acceptors (Lipinski definition) is 3. The van der Waals surface area contributed by atoms with Gasteiger partial charge in [0.15, 0.2) is 0 Å². The van der Waals surface area contributed by atoms with Crippen molar-refractivity contribution >= 4 is 34.2 Å². The van der Waals surface area contributed by atoms with Crippen LogP contribution in [0, 0.1) is 5.82 Å². The van der Waals surface area contributed by atoms with Gasteiger partial charge in [0, 0.05) is 48.5 Å². The highest BCUT2D eigenvalue weighted by Crippen LogP contribution is 2.37. The van der Waals surface area contributed by atoms with Gasteiger partial charge in [-0.15, -0.1) is 0 Å². The lowest BCUT2D eigenvalue weighted by atomic mass is 10.0. The number of carbonyl (C=O) groups excluding carboxylic acids is 3. The van der Waals surface area contributed by atoms with Crippen LogP contribution >= 0.6 is 0 Å². The van der Waals surface area contributed by atoms with Gasteiger partial charge in [-0.05, 0) is 49.4 Å². The summed E-state index contributed by atoms with van der Waals surface area (Å²) in [6.07, 6.45) is 0.791. The summed E-state index contributed by atoms with van der Waals surface area (Å²) in [6.45, 7) is 4.05. The summed E-state index contributed by atoms with van der Waals surface area (Å²) in [4.78, 5) is 43.8. The highest BCUT2D eigenvalue weighted by atomic mass is 19.1. The molecule has 210 valence electrons. The summed E-state index contributed by atoms with van der Waals surface area (Å²) >= 11 is 0. The molecule has 0 bridgehead atoms. The van der Waals surface area contributed by atoms with E-state index in [9.17, 15) is 18.8 Å². The van der Waals surface area contributed by atoms with Gasteiger partial charge in [0.25, 0.3) is 5.91 Å². The monoisotopic (exact) mass is 551 g/mol. The molecule has 4 aromatic carbocycles. The highest BCUT2D eigenvalue weighted by molar-refractivity contribution is 6.25. The molecule has 1 aliphatic heterocycles. The minimum atomic E-state index is -0.835. The van der Waals surface area contributed by atoms with Crippen LogP contribution in [-0.2, 0) is 22.6 Å². The van der Waals surface area contributed by atoms with Crippen molar-refractivity contribution in [1.82, 2.24) is 10.2 Å². The first kappa shape index (κ1) is 28.0. The SMILES string of the molecule is CC(C)NC(=O)C(Cc1ccccc1)N(Cc1ccccc1F)C(=O)CCCN1C(=O)c2cccc3cccc1c23. The quantitative estimate of drug-likeness (QED) is 0.253. The average molecular weight is 552 g/mol. The van der Waals surface area contributed by atoms with Gasteiger partial charge in [-0.25, -0.2) is 4.39 Å². The van der Waals surface area contributed by atoms with Gasteiger partial charge < -0.3 is 15.1 Å². The fraction of sp³-hybridized carbons (Fsp3) is 0.265. The number of halogens is 1. The summed E-state index contributed by atoms with van der Waals surface area (Å²) in [7, 11) is 0. The van der Waals surface area contributed by atoms with Crippen LogP contribution in [-0.4, -0.2) is 41.2 Å². The van der Waals surface area contributed by atoms with Gasteiger partial charge in [-0.3, -0.25) is 14.4 Å². The van der Waals surface area contributed by atoms with E-state index >= 15 is 0 Å². The average Bonchev–Trinajstić information content (AvgIpc) is 3.24. The number of anilines is 1.